The number of sulfonamides is 1. The van der Waals surface area contributed by atoms with Crippen molar-refractivity contribution in [1.29, 1.82) is 0 Å². The maximum absolute atomic E-state index is 12.5. The predicted molar refractivity (Wildman–Crippen MR) is 114 cm³/mol. The molecule has 1 rings (SSSR count). The minimum atomic E-state index is -3.88. The van der Waals surface area contributed by atoms with E-state index in [1.165, 1.54) is 25.3 Å². The molecule has 0 aliphatic carbocycles. The van der Waals surface area contributed by atoms with E-state index in [0.717, 1.165) is 9.87 Å². The van der Waals surface area contributed by atoms with Gasteiger partial charge in [0.15, 0.2) is 0 Å². The third-order valence-corrected chi connectivity index (χ3v) is 6.07. The number of carboxylic acid groups (broad SMARTS) is 1. The zero-order valence-electron chi connectivity index (χ0n) is 17.7. The molecule has 11 heteroatoms. The number of alkyl carbamates (subject to hydrolysis) is 1. The summed E-state index contributed by atoms with van der Waals surface area (Å²) in [6.45, 7) is 5.10. The highest BCUT2D eigenvalue weighted by Crippen LogP contribution is 2.14. The normalized spacial score (nSPS) is 12.1. The van der Waals surface area contributed by atoms with Crippen LogP contribution in [0.15, 0.2) is 41.8 Å². The van der Waals surface area contributed by atoms with Crippen molar-refractivity contribution >= 4 is 28.0 Å². The summed E-state index contributed by atoms with van der Waals surface area (Å²) in [5, 5.41) is 14.2. The zero-order valence-corrected chi connectivity index (χ0v) is 18.5. The number of nitrogens with zero attached hydrogens (tertiary/aromatic N) is 1. The van der Waals surface area contributed by atoms with Gasteiger partial charge < -0.3 is 20.5 Å². The van der Waals surface area contributed by atoms with Gasteiger partial charge in [0.05, 0.1) is 11.4 Å². The van der Waals surface area contributed by atoms with Gasteiger partial charge >= 0.3 is 12.1 Å². The van der Waals surface area contributed by atoms with Crippen LogP contribution < -0.4 is 10.6 Å². The molecule has 3 N–H and O–H groups in total. The van der Waals surface area contributed by atoms with Crippen LogP contribution in [0.3, 0.4) is 0 Å². The number of hydrogen-bond donors (Lipinski definition) is 3. The number of benzene rings is 1. The highest BCUT2D eigenvalue weighted by Gasteiger charge is 2.25. The van der Waals surface area contributed by atoms with Crippen LogP contribution in [0, 0.1) is 6.92 Å². The van der Waals surface area contributed by atoms with Gasteiger partial charge in [0.1, 0.15) is 12.6 Å². The van der Waals surface area contributed by atoms with Gasteiger partial charge in [-0.3, -0.25) is 4.79 Å². The highest BCUT2D eigenvalue weighted by atomic mass is 32.2. The molecular formula is C20H29N3O7S. The van der Waals surface area contributed by atoms with Crippen LogP contribution in [-0.2, 0) is 24.3 Å². The summed E-state index contributed by atoms with van der Waals surface area (Å²) >= 11 is 0. The Labute approximate surface area is 182 Å². The van der Waals surface area contributed by atoms with E-state index in [2.05, 4.69) is 17.2 Å². The average Bonchev–Trinajstić information content (AvgIpc) is 2.71. The Morgan fingerprint density at radius 3 is 2.45 bits per heavy atom. The Kier molecular flexibility index (Phi) is 10.7. The molecule has 1 aromatic carbocycles. The van der Waals surface area contributed by atoms with E-state index < -0.39 is 40.6 Å². The van der Waals surface area contributed by atoms with Crippen molar-refractivity contribution < 1.29 is 32.6 Å². The van der Waals surface area contributed by atoms with E-state index in [4.69, 9.17) is 4.74 Å². The molecule has 0 unspecified atom stereocenters. The first-order chi connectivity index (χ1) is 14.6. The number of nitrogens with one attached hydrogen (secondary N) is 2. The van der Waals surface area contributed by atoms with Crippen LogP contribution in [-0.4, -0.2) is 68.6 Å². The van der Waals surface area contributed by atoms with E-state index >= 15 is 0 Å². The Morgan fingerprint density at radius 2 is 1.87 bits per heavy atom. The van der Waals surface area contributed by atoms with Crippen LogP contribution in [0.5, 0.6) is 0 Å². The largest absolute Gasteiger partial charge is 0.480 e. The van der Waals surface area contributed by atoms with Gasteiger partial charge in [0.25, 0.3) is 0 Å². The molecule has 31 heavy (non-hydrogen) atoms. The molecule has 0 aliphatic heterocycles. The molecule has 0 radical (unpaired) electrons. The van der Waals surface area contributed by atoms with Crippen LogP contribution in [0.1, 0.15) is 24.8 Å². The molecule has 0 aromatic heterocycles. The molecular weight excluding hydrogens is 426 g/mol. The van der Waals surface area contributed by atoms with Gasteiger partial charge in [-0.1, -0.05) is 30.4 Å². The first-order valence-electron chi connectivity index (χ1n) is 9.64. The monoisotopic (exact) mass is 455 g/mol. The molecule has 0 heterocycles. The number of carbonyl (C=O) groups excluding carboxylic acids is 2. The van der Waals surface area contributed by atoms with Crippen LogP contribution in [0.2, 0.25) is 0 Å². The first kappa shape index (κ1) is 26.1. The van der Waals surface area contributed by atoms with Crippen molar-refractivity contribution in [3.63, 3.8) is 0 Å². The molecule has 0 spiro atoms. The van der Waals surface area contributed by atoms with E-state index in [-0.39, 0.29) is 24.5 Å². The molecule has 0 bridgehead atoms. The second-order valence-electron chi connectivity index (χ2n) is 6.84. The second-order valence-corrected chi connectivity index (χ2v) is 8.89. The van der Waals surface area contributed by atoms with E-state index in [9.17, 15) is 27.9 Å². The van der Waals surface area contributed by atoms with Crippen molar-refractivity contribution in [2.75, 3.05) is 26.7 Å². The third-order valence-electron chi connectivity index (χ3n) is 4.25. The SMILES string of the molecule is C=CCOC(=O)NCCCC[C@H](NC(=O)CN(C)S(=O)(=O)c1ccc(C)cc1)C(=O)O. The Morgan fingerprint density at radius 1 is 1.23 bits per heavy atom. The highest BCUT2D eigenvalue weighted by molar-refractivity contribution is 7.89. The van der Waals surface area contributed by atoms with Gasteiger partial charge in [0, 0.05) is 13.6 Å². The quantitative estimate of drug-likeness (QED) is 0.300. The fourth-order valence-corrected chi connectivity index (χ4v) is 3.65. The number of unbranched alkanes of at least 4 members (excludes halogenated alkanes) is 1. The first-order valence-corrected chi connectivity index (χ1v) is 11.1. The number of ether oxygens (including phenoxy) is 1. The summed E-state index contributed by atoms with van der Waals surface area (Å²) in [5.74, 6) is -1.95. The summed E-state index contributed by atoms with van der Waals surface area (Å²) in [6.07, 6.45) is 1.85. The number of carboxylic acids is 1. The lowest BCUT2D eigenvalue weighted by Gasteiger charge is -2.19. The topological polar surface area (TPSA) is 142 Å². The molecule has 1 aromatic rings. The standard InChI is InChI=1S/C20H29N3O7S/c1-4-13-30-20(27)21-12-6-5-7-17(19(25)26)22-18(24)14-23(3)31(28,29)16-10-8-15(2)9-11-16/h4,8-11,17H,1,5-7,12-14H2,2-3H3,(H,21,27)(H,22,24)(H,25,26)/t17-/m0/s1. The van der Waals surface area contributed by atoms with Crippen molar-refractivity contribution in [3.8, 4) is 0 Å². The van der Waals surface area contributed by atoms with Crippen LogP contribution in [0.4, 0.5) is 4.79 Å². The van der Waals surface area contributed by atoms with E-state index in [1.807, 2.05) is 6.92 Å². The number of aliphatic carboxylic acids is 1. The van der Waals surface area contributed by atoms with E-state index in [1.54, 1.807) is 12.1 Å². The van der Waals surface area contributed by atoms with Gasteiger partial charge in [-0.15, -0.1) is 0 Å². The van der Waals surface area contributed by atoms with Crippen molar-refractivity contribution in [2.24, 2.45) is 0 Å². The molecule has 0 saturated carbocycles. The maximum Gasteiger partial charge on any atom is 0.407 e. The summed E-state index contributed by atoms with van der Waals surface area (Å²) in [5.41, 5.74) is 0.896. The Hall–Kier alpha value is -2.92. The number of likely N-dealkylation sites (N-methyl/N-ethyl adjacent to an activating group) is 1. The fourth-order valence-electron chi connectivity index (χ4n) is 2.52. The fraction of sp³-hybridized carbons (Fsp3) is 0.450. The third kappa shape index (κ3) is 9.18. The number of rotatable bonds is 13. The molecule has 0 aliphatic rings. The van der Waals surface area contributed by atoms with Gasteiger partial charge in [-0.25, -0.2) is 18.0 Å². The van der Waals surface area contributed by atoms with Crippen molar-refractivity contribution in [3.05, 3.63) is 42.5 Å². The summed E-state index contributed by atoms with van der Waals surface area (Å²) in [7, 11) is -2.63. The van der Waals surface area contributed by atoms with Crippen LogP contribution in [0.25, 0.3) is 0 Å². The minimum Gasteiger partial charge on any atom is -0.480 e. The average molecular weight is 456 g/mol. The number of hydrogen-bond acceptors (Lipinski definition) is 6. The van der Waals surface area contributed by atoms with E-state index in [0.29, 0.717) is 12.8 Å². The number of amides is 2. The molecule has 1 atom stereocenters. The lowest BCUT2D eigenvalue weighted by Crippen LogP contribution is -2.46. The minimum absolute atomic E-state index is 0.0438. The summed E-state index contributed by atoms with van der Waals surface area (Å²) in [4.78, 5) is 34.9. The Balaban J connectivity index is 2.50. The lowest BCUT2D eigenvalue weighted by molar-refractivity contribution is -0.142. The number of carbonyl (C=O) groups is 3. The van der Waals surface area contributed by atoms with Gasteiger partial charge in [-0.05, 0) is 38.3 Å². The smallest absolute Gasteiger partial charge is 0.407 e. The van der Waals surface area contributed by atoms with Crippen molar-refractivity contribution in [1.82, 2.24) is 14.9 Å². The molecule has 0 fully saturated rings. The Bertz CT molecular complexity index is 869. The maximum atomic E-state index is 12.5. The summed E-state index contributed by atoms with van der Waals surface area (Å²) in [6, 6.07) is 5.02. The van der Waals surface area contributed by atoms with Gasteiger partial charge in [0.2, 0.25) is 15.9 Å². The zero-order chi connectivity index (χ0) is 23.4. The van der Waals surface area contributed by atoms with Crippen molar-refractivity contribution in [2.45, 2.75) is 37.1 Å². The molecule has 0 saturated heterocycles. The lowest BCUT2D eigenvalue weighted by atomic mass is 10.1. The van der Waals surface area contributed by atoms with Crippen LogP contribution >= 0.6 is 0 Å². The predicted octanol–water partition coefficient (Wildman–Crippen LogP) is 1.27. The molecule has 10 nitrogen and oxygen atoms in total. The van der Waals surface area contributed by atoms with Gasteiger partial charge in [-0.2, -0.15) is 4.31 Å². The number of aryl methyl sites for hydroxylation is 1. The summed E-state index contributed by atoms with van der Waals surface area (Å²) < 4.78 is 30.7. The second kappa shape index (κ2) is 12.7. The molecule has 172 valence electrons. The molecule has 2 amide bonds.